The second-order valence-corrected chi connectivity index (χ2v) is 7.18. The molecular weight excluding hydrogens is 236 g/mol. The zero-order chi connectivity index (χ0) is 11.5. The molecule has 16 heavy (non-hydrogen) atoms. The van der Waals surface area contributed by atoms with Crippen molar-refractivity contribution < 1.29 is 4.74 Å². The summed E-state index contributed by atoms with van der Waals surface area (Å²) in [6, 6.07) is 8.48. The molecule has 1 nitrogen and oxygen atoms in total. The number of methoxy groups -OCH3 is 1. The SMILES string of the molecule is COc1ccc(C2SCC(C)C(C)S2)cc1. The zero-order valence-electron chi connectivity index (χ0n) is 9.97. The summed E-state index contributed by atoms with van der Waals surface area (Å²) >= 11 is 4.15. The smallest absolute Gasteiger partial charge is 0.118 e. The molecule has 1 aliphatic rings. The highest BCUT2D eigenvalue weighted by molar-refractivity contribution is 8.17. The van der Waals surface area contributed by atoms with Crippen molar-refractivity contribution in [1.29, 1.82) is 0 Å². The topological polar surface area (TPSA) is 9.23 Å². The predicted molar refractivity (Wildman–Crippen MR) is 74.4 cm³/mol. The van der Waals surface area contributed by atoms with Crippen molar-refractivity contribution in [1.82, 2.24) is 0 Å². The van der Waals surface area contributed by atoms with Gasteiger partial charge < -0.3 is 4.74 Å². The average Bonchev–Trinajstić information content (AvgIpc) is 2.33. The van der Waals surface area contributed by atoms with E-state index in [0.29, 0.717) is 4.58 Å². The second kappa shape index (κ2) is 5.37. The highest BCUT2D eigenvalue weighted by atomic mass is 32.2. The third-order valence-corrected chi connectivity index (χ3v) is 6.49. The molecular formula is C13H18OS2. The van der Waals surface area contributed by atoms with E-state index in [0.717, 1.165) is 16.9 Å². The normalized spacial score (nSPS) is 30.1. The van der Waals surface area contributed by atoms with Crippen molar-refractivity contribution in [2.75, 3.05) is 12.9 Å². The Kier molecular flexibility index (Phi) is 4.09. The van der Waals surface area contributed by atoms with Gasteiger partial charge in [-0.1, -0.05) is 26.0 Å². The number of rotatable bonds is 2. The largest absolute Gasteiger partial charge is 0.497 e. The van der Waals surface area contributed by atoms with Gasteiger partial charge >= 0.3 is 0 Å². The molecule has 1 heterocycles. The highest BCUT2D eigenvalue weighted by Gasteiger charge is 2.26. The summed E-state index contributed by atoms with van der Waals surface area (Å²) in [6.45, 7) is 4.68. The molecule has 1 aromatic rings. The summed E-state index contributed by atoms with van der Waals surface area (Å²) in [4.78, 5) is 0. The van der Waals surface area contributed by atoms with Crippen LogP contribution in [0.4, 0.5) is 0 Å². The summed E-state index contributed by atoms with van der Waals surface area (Å²) in [5.74, 6) is 3.03. The molecule has 1 saturated heterocycles. The van der Waals surface area contributed by atoms with Gasteiger partial charge in [-0.25, -0.2) is 0 Å². The van der Waals surface area contributed by atoms with Gasteiger partial charge in [0.05, 0.1) is 11.7 Å². The van der Waals surface area contributed by atoms with E-state index in [-0.39, 0.29) is 0 Å². The van der Waals surface area contributed by atoms with Gasteiger partial charge in [0, 0.05) is 5.25 Å². The van der Waals surface area contributed by atoms with Gasteiger partial charge in [0.25, 0.3) is 0 Å². The number of hydrogen-bond donors (Lipinski definition) is 0. The Hall–Kier alpha value is -0.280. The molecule has 0 radical (unpaired) electrons. The molecule has 1 fully saturated rings. The Morgan fingerprint density at radius 2 is 1.88 bits per heavy atom. The van der Waals surface area contributed by atoms with E-state index in [4.69, 9.17) is 4.74 Å². The number of ether oxygens (including phenoxy) is 1. The maximum atomic E-state index is 5.18. The number of benzene rings is 1. The molecule has 0 bridgehead atoms. The van der Waals surface area contributed by atoms with Crippen LogP contribution in [0.3, 0.4) is 0 Å². The fraction of sp³-hybridized carbons (Fsp3) is 0.538. The lowest BCUT2D eigenvalue weighted by Crippen LogP contribution is -2.19. The van der Waals surface area contributed by atoms with Crippen molar-refractivity contribution in [3.8, 4) is 5.75 Å². The first kappa shape index (κ1) is 12.2. The molecule has 0 saturated carbocycles. The second-order valence-electron chi connectivity index (χ2n) is 4.26. The van der Waals surface area contributed by atoms with Crippen LogP contribution in [-0.2, 0) is 0 Å². The first-order chi connectivity index (χ1) is 7.70. The molecule has 0 aromatic heterocycles. The standard InChI is InChI=1S/C13H18OS2/c1-9-8-15-13(16-10(9)2)11-4-6-12(14-3)7-5-11/h4-7,9-10,13H,8H2,1-3H3. The van der Waals surface area contributed by atoms with Gasteiger partial charge in [-0.3, -0.25) is 0 Å². The van der Waals surface area contributed by atoms with E-state index in [1.807, 2.05) is 0 Å². The minimum atomic E-state index is 0.595. The van der Waals surface area contributed by atoms with Crippen LogP contribution in [-0.4, -0.2) is 18.1 Å². The molecule has 3 atom stereocenters. The van der Waals surface area contributed by atoms with Crippen LogP contribution in [0.2, 0.25) is 0 Å². The third-order valence-electron chi connectivity index (χ3n) is 3.04. The van der Waals surface area contributed by atoms with E-state index in [1.54, 1.807) is 7.11 Å². The molecule has 1 aromatic carbocycles. The molecule has 0 spiro atoms. The van der Waals surface area contributed by atoms with E-state index in [2.05, 4.69) is 61.6 Å². The van der Waals surface area contributed by atoms with Crippen LogP contribution in [0.25, 0.3) is 0 Å². The fourth-order valence-electron chi connectivity index (χ4n) is 1.68. The monoisotopic (exact) mass is 254 g/mol. The van der Waals surface area contributed by atoms with Crippen molar-refractivity contribution in [2.24, 2.45) is 5.92 Å². The van der Waals surface area contributed by atoms with Crippen molar-refractivity contribution >= 4 is 23.5 Å². The molecule has 3 heteroatoms. The maximum Gasteiger partial charge on any atom is 0.118 e. The predicted octanol–water partition coefficient (Wildman–Crippen LogP) is 4.20. The Morgan fingerprint density at radius 3 is 2.44 bits per heavy atom. The number of hydrogen-bond acceptors (Lipinski definition) is 3. The van der Waals surface area contributed by atoms with Gasteiger partial charge in [0.2, 0.25) is 0 Å². The lowest BCUT2D eigenvalue weighted by Gasteiger charge is -2.31. The van der Waals surface area contributed by atoms with Crippen molar-refractivity contribution in [2.45, 2.75) is 23.7 Å². The summed E-state index contributed by atoms with van der Waals surface area (Å²) in [5, 5.41) is 0.758. The van der Waals surface area contributed by atoms with Crippen LogP contribution in [0.5, 0.6) is 5.75 Å². The van der Waals surface area contributed by atoms with Gasteiger partial charge in [-0.15, -0.1) is 23.5 Å². The van der Waals surface area contributed by atoms with Crippen LogP contribution in [0.15, 0.2) is 24.3 Å². The average molecular weight is 254 g/mol. The lowest BCUT2D eigenvalue weighted by atomic mass is 10.1. The minimum Gasteiger partial charge on any atom is -0.497 e. The molecule has 1 aliphatic heterocycles. The van der Waals surface area contributed by atoms with Crippen LogP contribution in [0, 0.1) is 5.92 Å². The molecule has 2 rings (SSSR count). The molecule has 0 aliphatic carbocycles. The van der Waals surface area contributed by atoms with Crippen molar-refractivity contribution in [3.05, 3.63) is 29.8 Å². The minimum absolute atomic E-state index is 0.595. The Bertz CT molecular complexity index is 336. The maximum absolute atomic E-state index is 5.18. The Labute approximate surface area is 106 Å². The lowest BCUT2D eigenvalue weighted by molar-refractivity contribution is 0.414. The van der Waals surface area contributed by atoms with Crippen LogP contribution < -0.4 is 4.74 Å². The molecule has 0 N–H and O–H groups in total. The molecule has 0 amide bonds. The van der Waals surface area contributed by atoms with Gasteiger partial charge in [0.15, 0.2) is 0 Å². The zero-order valence-corrected chi connectivity index (χ0v) is 11.6. The van der Waals surface area contributed by atoms with Crippen molar-refractivity contribution in [3.63, 3.8) is 0 Å². The highest BCUT2D eigenvalue weighted by Crippen LogP contribution is 2.48. The van der Waals surface area contributed by atoms with Crippen LogP contribution >= 0.6 is 23.5 Å². The Balaban J connectivity index is 2.06. The summed E-state index contributed by atoms with van der Waals surface area (Å²) < 4.78 is 5.78. The first-order valence-electron chi connectivity index (χ1n) is 5.61. The van der Waals surface area contributed by atoms with Crippen LogP contribution in [0.1, 0.15) is 24.0 Å². The Morgan fingerprint density at radius 1 is 1.19 bits per heavy atom. The molecule has 88 valence electrons. The quantitative estimate of drug-likeness (QED) is 0.783. The van der Waals surface area contributed by atoms with E-state index < -0.39 is 0 Å². The summed E-state index contributed by atoms with van der Waals surface area (Å²) in [5.41, 5.74) is 1.41. The van der Waals surface area contributed by atoms with E-state index in [9.17, 15) is 0 Å². The third kappa shape index (κ3) is 2.69. The number of thioether (sulfide) groups is 2. The van der Waals surface area contributed by atoms with E-state index in [1.165, 1.54) is 11.3 Å². The summed E-state index contributed by atoms with van der Waals surface area (Å²) in [6.07, 6.45) is 0. The van der Waals surface area contributed by atoms with Gasteiger partial charge in [-0.05, 0) is 29.4 Å². The molecule has 3 unspecified atom stereocenters. The van der Waals surface area contributed by atoms with Gasteiger partial charge in [-0.2, -0.15) is 0 Å². The first-order valence-corrected chi connectivity index (χ1v) is 7.61. The van der Waals surface area contributed by atoms with Gasteiger partial charge in [0.1, 0.15) is 5.75 Å². The van der Waals surface area contributed by atoms with E-state index >= 15 is 0 Å². The fourth-order valence-corrected chi connectivity index (χ4v) is 5.06. The summed E-state index contributed by atoms with van der Waals surface area (Å²) in [7, 11) is 1.71.